The number of ether oxygens (including phenoxy) is 2. The lowest BCUT2D eigenvalue weighted by Gasteiger charge is -2.42. The number of carbonyl (C=O) groups is 2. The highest BCUT2D eigenvalue weighted by Crippen LogP contribution is 2.30. The molecule has 2 aliphatic rings. The summed E-state index contributed by atoms with van der Waals surface area (Å²) < 4.78 is 10.8. The second kappa shape index (κ2) is 14.0. The van der Waals surface area contributed by atoms with Crippen LogP contribution in [0.4, 0.5) is 17.2 Å². The Balaban J connectivity index is 1.04. The highest BCUT2D eigenvalue weighted by atomic mass is 16.5. The summed E-state index contributed by atoms with van der Waals surface area (Å²) in [4.78, 5) is 47.4. The standard InChI is InChI=1S/C35H40N8O4/c1-40(2)11-5-6-34(44)43-22-25(23-43)35(45)42-14-12-41(13-15-42)33-10-7-24(20-37-33)32-21-36-30-9-8-26(18-31(30)39-32)38-27-16-28(46-3)19-29(17-27)47-4/h5-10,16-21,25,38H,11-15,22-23H2,1-4H3/b6-5+. The maximum Gasteiger partial charge on any atom is 0.246 e. The first-order valence-electron chi connectivity index (χ1n) is 15.7. The van der Waals surface area contributed by atoms with Crippen molar-refractivity contribution in [2.45, 2.75) is 0 Å². The number of nitrogens with one attached hydrogen (secondary N) is 1. The Kier molecular flexibility index (Phi) is 9.48. The summed E-state index contributed by atoms with van der Waals surface area (Å²) >= 11 is 0. The number of hydrogen-bond acceptors (Lipinski definition) is 10. The van der Waals surface area contributed by atoms with Crippen molar-refractivity contribution in [3.8, 4) is 22.8 Å². The van der Waals surface area contributed by atoms with Crippen LogP contribution in [0.5, 0.6) is 11.5 Å². The van der Waals surface area contributed by atoms with E-state index in [-0.39, 0.29) is 17.7 Å². The predicted octanol–water partition coefficient (Wildman–Crippen LogP) is 3.68. The molecular formula is C35H40N8O4. The summed E-state index contributed by atoms with van der Waals surface area (Å²) in [5.41, 5.74) is 4.84. The number of methoxy groups -OCH3 is 2. The Morgan fingerprint density at radius 3 is 2.28 bits per heavy atom. The molecule has 244 valence electrons. The van der Waals surface area contributed by atoms with Crippen LogP contribution in [0.3, 0.4) is 0 Å². The van der Waals surface area contributed by atoms with E-state index in [1.807, 2.05) is 84.7 Å². The molecule has 47 heavy (non-hydrogen) atoms. The number of rotatable bonds is 10. The minimum Gasteiger partial charge on any atom is -0.497 e. The fourth-order valence-electron chi connectivity index (χ4n) is 5.70. The van der Waals surface area contributed by atoms with Crippen molar-refractivity contribution >= 4 is 40.0 Å². The van der Waals surface area contributed by atoms with E-state index in [1.54, 1.807) is 31.4 Å². The van der Waals surface area contributed by atoms with Crippen LogP contribution in [0.2, 0.25) is 0 Å². The molecule has 1 N–H and O–H groups in total. The fraction of sp³-hybridized carbons (Fsp3) is 0.343. The quantitative estimate of drug-likeness (QED) is 0.259. The zero-order valence-corrected chi connectivity index (χ0v) is 27.2. The van der Waals surface area contributed by atoms with Gasteiger partial charge in [-0.25, -0.2) is 9.97 Å². The first-order chi connectivity index (χ1) is 22.8. The molecular weight excluding hydrogens is 596 g/mol. The molecule has 2 amide bonds. The van der Waals surface area contributed by atoms with Crippen molar-refractivity contribution < 1.29 is 19.1 Å². The van der Waals surface area contributed by atoms with Gasteiger partial charge in [-0.2, -0.15) is 0 Å². The van der Waals surface area contributed by atoms with Gasteiger partial charge in [-0.05, 0) is 44.4 Å². The van der Waals surface area contributed by atoms with E-state index in [4.69, 9.17) is 19.4 Å². The number of pyridine rings is 1. The maximum atomic E-state index is 13.1. The minimum atomic E-state index is -0.120. The summed E-state index contributed by atoms with van der Waals surface area (Å²) in [7, 11) is 7.16. The molecule has 0 unspecified atom stereocenters. The summed E-state index contributed by atoms with van der Waals surface area (Å²) in [6.45, 7) is 4.34. The average Bonchev–Trinajstić information content (AvgIpc) is 3.07. The van der Waals surface area contributed by atoms with Crippen molar-refractivity contribution in [2.24, 2.45) is 5.92 Å². The minimum absolute atomic E-state index is 0.0301. The first-order valence-corrected chi connectivity index (χ1v) is 15.7. The summed E-state index contributed by atoms with van der Waals surface area (Å²) in [6, 6.07) is 15.5. The summed E-state index contributed by atoms with van der Waals surface area (Å²) in [6.07, 6.45) is 7.03. The Morgan fingerprint density at radius 1 is 0.872 bits per heavy atom. The molecule has 2 aromatic heterocycles. The SMILES string of the molecule is COc1cc(Nc2ccc3ncc(-c4ccc(N5CCN(C(=O)C6CN(C(=O)/C=C/CN(C)C)C6)CC5)nc4)nc3c2)cc(OC)c1. The molecule has 12 heteroatoms. The van der Waals surface area contributed by atoms with Crippen molar-refractivity contribution in [2.75, 3.05) is 84.3 Å². The molecule has 0 saturated carbocycles. The smallest absolute Gasteiger partial charge is 0.246 e. The number of carbonyl (C=O) groups excluding carboxylic acids is 2. The number of aromatic nitrogens is 3. The van der Waals surface area contributed by atoms with Crippen LogP contribution in [0.25, 0.3) is 22.3 Å². The van der Waals surface area contributed by atoms with E-state index >= 15 is 0 Å². The number of likely N-dealkylation sites (tertiary alicyclic amines) is 1. The molecule has 0 radical (unpaired) electrons. The number of anilines is 3. The lowest BCUT2D eigenvalue weighted by atomic mass is 9.97. The molecule has 0 bridgehead atoms. The summed E-state index contributed by atoms with van der Waals surface area (Å²) in [5, 5.41) is 3.40. The van der Waals surface area contributed by atoms with Crippen molar-refractivity contribution in [3.05, 3.63) is 73.1 Å². The third-order valence-electron chi connectivity index (χ3n) is 8.41. The molecule has 6 rings (SSSR count). The van der Waals surface area contributed by atoms with Gasteiger partial charge in [0, 0.05) is 93.2 Å². The van der Waals surface area contributed by atoms with Gasteiger partial charge in [0.25, 0.3) is 0 Å². The van der Waals surface area contributed by atoms with Gasteiger partial charge in [0.15, 0.2) is 0 Å². The van der Waals surface area contributed by atoms with Crippen molar-refractivity contribution in [3.63, 3.8) is 0 Å². The van der Waals surface area contributed by atoms with Gasteiger partial charge < -0.3 is 34.4 Å². The Morgan fingerprint density at radius 2 is 1.62 bits per heavy atom. The Labute approximate surface area is 274 Å². The number of likely N-dealkylation sites (N-methyl/N-ethyl adjacent to an activating group) is 1. The van der Waals surface area contributed by atoms with Crippen LogP contribution in [-0.4, -0.2) is 116 Å². The number of nitrogens with zero attached hydrogens (tertiary/aromatic N) is 7. The van der Waals surface area contributed by atoms with Crippen LogP contribution in [0, 0.1) is 5.92 Å². The van der Waals surface area contributed by atoms with Gasteiger partial charge in [0.2, 0.25) is 11.8 Å². The molecule has 2 aliphatic heterocycles. The number of benzene rings is 2. The van der Waals surface area contributed by atoms with Crippen LogP contribution in [0.15, 0.2) is 73.1 Å². The highest BCUT2D eigenvalue weighted by molar-refractivity contribution is 5.91. The lowest BCUT2D eigenvalue weighted by molar-refractivity contribution is -0.146. The lowest BCUT2D eigenvalue weighted by Crippen LogP contribution is -2.59. The normalized spacial score (nSPS) is 15.3. The fourth-order valence-corrected chi connectivity index (χ4v) is 5.70. The second-order valence-electron chi connectivity index (χ2n) is 12.0. The van der Waals surface area contributed by atoms with E-state index in [0.29, 0.717) is 57.3 Å². The Hall–Kier alpha value is -5.23. The number of hydrogen-bond donors (Lipinski definition) is 1. The molecule has 4 heterocycles. The van der Waals surface area contributed by atoms with Gasteiger partial charge in [0.05, 0.1) is 43.1 Å². The van der Waals surface area contributed by atoms with Crippen molar-refractivity contribution in [1.29, 1.82) is 0 Å². The monoisotopic (exact) mass is 636 g/mol. The molecule has 0 aliphatic carbocycles. The molecule has 0 spiro atoms. The predicted molar refractivity (Wildman–Crippen MR) is 182 cm³/mol. The van der Waals surface area contributed by atoms with Crippen LogP contribution in [0.1, 0.15) is 0 Å². The number of piperazine rings is 1. The maximum absolute atomic E-state index is 13.1. The van der Waals surface area contributed by atoms with Gasteiger partial charge >= 0.3 is 0 Å². The van der Waals surface area contributed by atoms with E-state index in [1.165, 1.54) is 0 Å². The van der Waals surface area contributed by atoms with E-state index in [0.717, 1.165) is 39.5 Å². The van der Waals surface area contributed by atoms with E-state index in [2.05, 4.69) is 15.2 Å². The molecule has 12 nitrogen and oxygen atoms in total. The van der Waals surface area contributed by atoms with Crippen LogP contribution < -0.4 is 19.7 Å². The zero-order chi connectivity index (χ0) is 32.9. The Bertz CT molecular complexity index is 1740. The van der Waals surface area contributed by atoms with E-state index in [9.17, 15) is 9.59 Å². The molecule has 0 atom stereocenters. The van der Waals surface area contributed by atoms with Gasteiger partial charge in [-0.3, -0.25) is 14.6 Å². The zero-order valence-electron chi connectivity index (χ0n) is 27.2. The van der Waals surface area contributed by atoms with Crippen molar-refractivity contribution in [1.82, 2.24) is 29.7 Å². The second-order valence-corrected chi connectivity index (χ2v) is 12.0. The number of fused-ring (bicyclic) bond motifs is 1. The topological polar surface area (TPSA) is 116 Å². The third kappa shape index (κ3) is 7.44. The number of amides is 2. The van der Waals surface area contributed by atoms with Gasteiger partial charge in [0.1, 0.15) is 17.3 Å². The largest absolute Gasteiger partial charge is 0.497 e. The van der Waals surface area contributed by atoms with Gasteiger partial charge in [-0.15, -0.1) is 0 Å². The first kappa shape index (κ1) is 31.7. The average molecular weight is 637 g/mol. The third-order valence-corrected chi connectivity index (χ3v) is 8.41. The molecule has 2 saturated heterocycles. The van der Waals surface area contributed by atoms with Crippen LogP contribution >= 0.6 is 0 Å². The highest BCUT2D eigenvalue weighted by Gasteiger charge is 2.38. The molecule has 2 aromatic carbocycles. The van der Waals surface area contributed by atoms with Crippen LogP contribution in [-0.2, 0) is 9.59 Å². The molecule has 2 fully saturated rings. The van der Waals surface area contributed by atoms with E-state index < -0.39 is 0 Å². The summed E-state index contributed by atoms with van der Waals surface area (Å²) in [5.74, 6) is 2.23. The van der Waals surface area contributed by atoms with Gasteiger partial charge in [-0.1, -0.05) is 6.08 Å². The molecule has 4 aromatic rings.